The fourth-order valence-corrected chi connectivity index (χ4v) is 3.94. The molecule has 4 nitrogen and oxygen atoms in total. The Bertz CT molecular complexity index is 743. The van der Waals surface area contributed by atoms with Gasteiger partial charge >= 0.3 is 0 Å². The molecule has 0 aliphatic carbocycles. The van der Waals surface area contributed by atoms with E-state index in [1.807, 2.05) is 26.0 Å². The lowest BCUT2D eigenvalue weighted by atomic mass is 9.87. The molecule has 3 rings (SSSR count). The number of nitrogens with zero attached hydrogens (tertiary/aromatic N) is 1. The van der Waals surface area contributed by atoms with Crippen LogP contribution < -0.4 is 4.74 Å². The van der Waals surface area contributed by atoms with Crippen LogP contribution in [0.1, 0.15) is 35.6 Å². The fourth-order valence-electron chi connectivity index (χ4n) is 3.94. The van der Waals surface area contributed by atoms with Crippen LogP contribution in [0.2, 0.25) is 0 Å². The predicted molar refractivity (Wildman–Crippen MR) is 115 cm³/mol. The number of ether oxygens (including phenoxy) is 1. The van der Waals surface area contributed by atoms with Gasteiger partial charge in [-0.05, 0) is 86.7 Å². The van der Waals surface area contributed by atoms with Crippen molar-refractivity contribution in [2.45, 2.75) is 38.9 Å². The maximum absolute atomic E-state index is 13.1. The summed E-state index contributed by atoms with van der Waals surface area (Å²) in [5, 5.41) is 20.9. The summed E-state index contributed by atoms with van der Waals surface area (Å²) in [6, 6.07) is 12.1. The van der Waals surface area contributed by atoms with Gasteiger partial charge in [-0.2, -0.15) is 0 Å². The molecule has 1 fully saturated rings. The largest absolute Gasteiger partial charge is 0.491 e. The monoisotopic (exact) mass is 423 g/mol. The van der Waals surface area contributed by atoms with Crippen LogP contribution in [0.5, 0.6) is 5.75 Å². The van der Waals surface area contributed by atoms with Crippen molar-refractivity contribution in [3.63, 3.8) is 0 Å². The summed E-state index contributed by atoms with van der Waals surface area (Å²) in [5.74, 6) is 0.658. The highest BCUT2D eigenvalue weighted by atomic mass is 35.5. The van der Waals surface area contributed by atoms with Gasteiger partial charge in [0, 0.05) is 6.54 Å². The van der Waals surface area contributed by atoms with E-state index in [1.165, 1.54) is 12.1 Å². The number of aryl methyl sites for hydroxylation is 2. The van der Waals surface area contributed by atoms with Crippen molar-refractivity contribution in [2.24, 2.45) is 5.92 Å². The Morgan fingerprint density at radius 1 is 1.03 bits per heavy atom. The quantitative estimate of drug-likeness (QED) is 0.705. The lowest BCUT2D eigenvalue weighted by Crippen LogP contribution is -2.41. The maximum atomic E-state index is 13.1. The molecule has 1 aliphatic heterocycles. The van der Waals surface area contributed by atoms with Crippen LogP contribution in [0.4, 0.5) is 4.39 Å². The number of hydrogen-bond donors (Lipinski definition) is 2. The second kappa shape index (κ2) is 10.9. The molecule has 1 aliphatic rings. The average Bonchev–Trinajstić information content (AvgIpc) is 2.66. The third-order valence-corrected chi connectivity index (χ3v) is 5.40. The highest BCUT2D eigenvalue weighted by Crippen LogP contribution is 2.30. The number of rotatable bonds is 7. The minimum atomic E-state index is -0.569. The van der Waals surface area contributed by atoms with Gasteiger partial charge in [-0.3, -0.25) is 0 Å². The number of halogens is 2. The van der Waals surface area contributed by atoms with Crippen molar-refractivity contribution in [1.82, 2.24) is 4.90 Å². The zero-order chi connectivity index (χ0) is 20.1. The molecule has 2 unspecified atom stereocenters. The van der Waals surface area contributed by atoms with E-state index in [0.717, 1.165) is 48.4 Å². The number of aliphatic hydroxyl groups is 2. The van der Waals surface area contributed by atoms with E-state index < -0.39 is 12.2 Å². The Labute approximate surface area is 178 Å². The van der Waals surface area contributed by atoms with Crippen molar-refractivity contribution in [2.75, 3.05) is 26.2 Å². The normalized spacial score (nSPS) is 17.4. The van der Waals surface area contributed by atoms with Gasteiger partial charge < -0.3 is 19.8 Å². The summed E-state index contributed by atoms with van der Waals surface area (Å²) < 4.78 is 18.8. The van der Waals surface area contributed by atoms with E-state index in [2.05, 4.69) is 11.0 Å². The number of benzene rings is 2. The van der Waals surface area contributed by atoms with E-state index in [1.54, 1.807) is 12.1 Å². The standard InChI is InChI=1S/C23H30FNO3.ClH/c1-16-11-17(2)13-22(12-16)28-15-21(26)14-25-9-7-19(8-10-25)23(27)18-3-5-20(24)6-4-18;/h3-6,11-13,19,21,23,26-27H,7-10,14-15H2,1-2H3;1H. The first-order chi connectivity index (χ1) is 13.4. The Balaban J connectivity index is 0.00000300. The summed E-state index contributed by atoms with van der Waals surface area (Å²) in [6.45, 7) is 6.53. The van der Waals surface area contributed by atoms with Gasteiger partial charge in [0.15, 0.2) is 0 Å². The molecular formula is C23H31ClFNO3. The van der Waals surface area contributed by atoms with Gasteiger partial charge in [0.2, 0.25) is 0 Å². The first-order valence-electron chi connectivity index (χ1n) is 9.96. The van der Waals surface area contributed by atoms with Crippen LogP contribution in [0, 0.1) is 25.6 Å². The number of piperidine rings is 1. The Morgan fingerprint density at radius 2 is 1.62 bits per heavy atom. The van der Waals surface area contributed by atoms with Crippen LogP contribution in [0.25, 0.3) is 0 Å². The van der Waals surface area contributed by atoms with Gasteiger partial charge in [-0.15, -0.1) is 12.4 Å². The first-order valence-corrected chi connectivity index (χ1v) is 9.96. The van der Waals surface area contributed by atoms with Crippen molar-refractivity contribution in [3.05, 3.63) is 65.0 Å². The summed E-state index contributed by atoms with van der Waals surface area (Å²) in [5.41, 5.74) is 3.05. The minimum Gasteiger partial charge on any atom is -0.491 e. The maximum Gasteiger partial charge on any atom is 0.123 e. The molecule has 1 heterocycles. The van der Waals surface area contributed by atoms with E-state index in [4.69, 9.17) is 4.74 Å². The molecule has 2 aromatic rings. The molecule has 0 aromatic heterocycles. The number of hydrogen-bond acceptors (Lipinski definition) is 4. The predicted octanol–water partition coefficient (Wildman–Crippen LogP) is 4.05. The second-order valence-corrected chi connectivity index (χ2v) is 7.92. The highest BCUT2D eigenvalue weighted by molar-refractivity contribution is 5.85. The van der Waals surface area contributed by atoms with Crippen LogP contribution in [0.3, 0.4) is 0 Å². The van der Waals surface area contributed by atoms with Gasteiger partial charge in [0.25, 0.3) is 0 Å². The lowest BCUT2D eigenvalue weighted by molar-refractivity contribution is 0.0278. The highest BCUT2D eigenvalue weighted by Gasteiger charge is 2.27. The third-order valence-electron chi connectivity index (χ3n) is 5.40. The van der Waals surface area contributed by atoms with E-state index in [0.29, 0.717) is 6.54 Å². The molecule has 0 radical (unpaired) electrons. The number of aliphatic hydroxyl groups excluding tert-OH is 2. The molecule has 2 atom stereocenters. The molecule has 0 bridgehead atoms. The third kappa shape index (κ3) is 6.96. The minimum absolute atomic E-state index is 0. The summed E-state index contributed by atoms with van der Waals surface area (Å²) in [6.07, 6.45) is 0.576. The topological polar surface area (TPSA) is 52.9 Å². The second-order valence-electron chi connectivity index (χ2n) is 7.92. The van der Waals surface area contributed by atoms with Gasteiger partial charge in [0.05, 0.1) is 6.10 Å². The average molecular weight is 424 g/mol. The molecule has 6 heteroatoms. The van der Waals surface area contributed by atoms with Crippen LogP contribution in [0.15, 0.2) is 42.5 Å². The molecule has 2 N–H and O–H groups in total. The fraction of sp³-hybridized carbons (Fsp3) is 0.478. The molecule has 29 heavy (non-hydrogen) atoms. The smallest absolute Gasteiger partial charge is 0.123 e. The van der Waals surface area contributed by atoms with Crippen molar-refractivity contribution >= 4 is 12.4 Å². The molecule has 1 saturated heterocycles. The summed E-state index contributed by atoms with van der Waals surface area (Å²) in [4.78, 5) is 2.21. The van der Waals surface area contributed by atoms with E-state index >= 15 is 0 Å². The molecule has 160 valence electrons. The lowest BCUT2D eigenvalue weighted by Gasteiger charge is -2.35. The molecule has 0 spiro atoms. The van der Waals surface area contributed by atoms with Crippen LogP contribution in [-0.2, 0) is 0 Å². The van der Waals surface area contributed by atoms with Crippen molar-refractivity contribution in [3.8, 4) is 5.75 Å². The zero-order valence-corrected chi connectivity index (χ0v) is 17.9. The van der Waals surface area contributed by atoms with Crippen molar-refractivity contribution < 1.29 is 19.3 Å². The van der Waals surface area contributed by atoms with Crippen LogP contribution in [-0.4, -0.2) is 47.5 Å². The molecule has 0 saturated carbocycles. The van der Waals surface area contributed by atoms with Gasteiger partial charge in [-0.1, -0.05) is 18.2 Å². The summed E-state index contributed by atoms with van der Waals surface area (Å²) >= 11 is 0. The van der Waals surface area contributed by atoms with Crippen molar-refractivity contribution in [1.29, 1.82) is 0 Å². The zero-order valence-electron chi connectivity index (χ0n) is 17.1. The number of β-amino-alcohol motifs (C(OH)–C–C–N with tert-alkyl or cyclic N) is 1. The summed E-state index contributed by atoms with van der Waals surface area (Å²) in [7, 11) is 0. The Kier molecular flexibility index (Phi) is 8.90. The molecule has 2 aromatic carbocycles. The van der Waals surface area contributed by atoms with Gasteiger partial charge in [-0.25, -0.2) is 4.39 Å². The first kappa shape index (κ1) is 23.6. The number of likely N-dealkylation sites (tertiary alicyclic amines) is 1. The Hall–Kier alpha value is -1.66. The van der Waals surface area contributed by atoms with E-state index in [9.17, 15) is 14.6 Å². The van der Waals surface area contributed by atoms with E-state index in [-0.39, 0.29) is 30.7 Å². The SMILES string of the molecule is Cc1cc(C)cc(OCC(O)CN2CCC(C(O)c3ccc(F)cc3)CC2)c1.Cl. The van der Waals surface area contributed by atoms with Crippen LogP contribution >= 0.6 is 12.4 Å². The Morgan fingerprint density at radius 3 is 2.21 bits per heavy atom. The molecule has 0 amide bonds. The van der Waals surface area contributed by atoms with Gasteiger partial charge in [0.1, 0.15) is 24.3 Å². The molecular weight excluding hydrogens is 393 g/mol.